The molecule has 0 unspecified atom stereocenters. The quantitative estimate of drug-likeness (QED) is 0.546. The second kappa shape index (κ2) is 9.05. The van der Waals surface area contributed by atoms with Crippen molar-refractivity contribution in [3.63, 3.8) is 0 Å². The maximum Gasteiger partial charge on any atom is 0.335 e. The summed E-state index contributed by atoms with van der Waals surface area (Å²) < 4.78 is 0. The summed E-state index contributed by atoms with van der Waals surface area (Å²) in [5.41, 5.74) is 8.55. The Morgan fingerprint density at radius 1 is 1.09 bits per heavy atom. The summed E-state index contributed by atoms with van der Waals surface area (Å²) in [6.45, 7) is 12.1. The molecule has 168 valence electrons. The zero-order chi connectivity index (χ0) is 22.9. The third-order valence-electron chi connectivity index (χ3n) is 7.46. The van der Waals surface area contributed by atoms with E-state index in [0.29, 0.717) is 5.56 Å². The molecule has 1 N–H and O–H groups in total. The molecule has 0 aromatic heterocycles. The van der Waals surface area contributed by atoms with Crippen LogP contribution >= 0.6 is 0 Å². The first-order chi connectivity index (χ1) is 15.3. The van der Waals surface area contributed by atoms with Gasteiger partial charge in [0, 0.05) is 12.3 Å². The molecule has 0 heterocycles. The molecule has 4 rings (SSSR count). The van der Waals surface area contributed by atoms with Crippen LogP contribution in [0.1, 0.15) is 97.0 Å². The Hall–Kier alpha value is -2.68. The van der Waals surface area contributed by atoms with Gasteiger partial charge >= 0.3 is 5.97 Å². The minimum atomic E-state index is -0.909. The van der Waals surface area contributed by atoms with E-state index in [1.54, 1.807) is 12.1 Å². The summed E-state index contributed by atoms with van der Waals surface area (Å²) in [4.78, 5) is 16.4. The molecule has 32 heavy (non-hydrogen) atoms. The van der Waals surface area contributed by atoms with Crippen molar-refractivity contribution in [3.8, 4) is 0 Å². The molecule has 0 bridgehead atoms. The molecule has 1 fully saturated rings. The Kier molecular flexibility index (Phi) is 6.37. The summed E-state index contributed by atoms with van der Waals surface area (Å²) in [6.07, 6.45) is 8.86. The highest BCUT2D eigenvalue weighted by atomic mass is 16.4. The van der Waals surface area contributed by atoms with E-state index in [4.69, 9.17) is 4.99 Å². The van der Waals surface area contributed by atoms with Crippen molar-refractivity contribution >= 4 is 17.3 Å². The van der Waals surface area contributed by atoms with Crippen LogP contribution in [-0.2, 0) is 5.41 Å². The maximum absolute atomic E-state index is 11.2. The zero-order valence-corrected chi connectivity index (χ0v) is 19.7. The Balaban J connectivity index is 1.69. The van der Waals surface area contributed by atoms with Crippen molar-refractivity contribution in [2.24, 2.45) is 10.9 Å². The van der Waals surface area contributed by atoms with Crippen molar-refractivity contribution < 1.29 is 9.90 Å². The maximum atomic E-state index is 11.2. The predicted molar refractivity (Wildman–Crippen MR) is 133 cm³/mol. The molecule has 0 amide bonds. The van der Waals surface area contributed by atoms with Gasteiger partial charge in [-0.15, -0.1) is 0 Å². The molecule has 3 nitrogen and oxygen atoms in total. The second-order valence-corrected chi connectivity index (χ2v) is 10.2. The van der Waals surface area contributed by atoms with Crippen LogP contribution in [0.4, 0.5) is 0 Å². The minimum Gasteiger partial charge on any atom is -0.478 e. The normalized spacial score (nSPS) is 19.5. The topological polar surface area (TPSA) is 49.7 Å². The fourth-order valence-corrected chi connectivity index (χ4v) is 5.27. The minimum absolute atomic E-state index is 0.132. The van der Waals surface area contributed by atoms with Crippen LogP contribution in [0.15, 0.2) is 48.0 Å². The van der Waals surface area contributed by atoms with Crippen LogP contribution in [0.2, 0.25) is 0 Å². The lowest BCUT2D eigenvalue weighted by Crippen LogP contribution is -2.28. The van der Waals surface area contributed by atoms with Crippen molar-refractivity contribution in [2.45, 2.75) is 71.1 Å². The highest BCUT2D eigenvalue weighted by Crippen LogP contribution is 2.40. The molecular weight excluding hydrogens is 394 g/mol. The van der Waals surface area contributed by atoms with Crippen LogP contribution in [-0.4, -0.2) is 23.3 Å². The molecule has 3 heteroatoms. The number of fused-ring (bicyclic) bond motifs is 1. The number of carboxylic acid groups (broad SMARTS) is 1. The number of carbonyl (C=O) groups is 1. The number of aromatic carboxylic acids is 1. The number of aliphatic imine (C=N–C) groups is 1. The van der Waals surface area contributed by atoms with Gasteiger partial charge in [-0.3, -0.25) is 4.99 Å². The van der Waals surface area contributed by atoms with E-state index in [0.717, 1.165) is 42.0 Å². The fourth-order valence-electron chi connectivity index (χ4n) is 5.27. The average molecular weight is 430 g/mol. The van der Waals surface area contributed by atoms with Gasteiger partial charge in [0.25, 0.3) is 0 Å². The van der Waals surface area contributed by atoms with Crippen LogP contribution in [0.3, 0.4) is 0 Å². The first-order valence-electron chi connectivity index (χ1n) is 12.0. The molecule has 2 aliphatic rings. The van der Waals surface area contributed by atoms with Gasteiger partial charge in [0.2, 0.25) is 0 Å². The van der Waals surface area contributed by atoms with Crippen LogP contribution in [0.5, 0.6) is 0 Å². The standard InChI is InChI=1S/C29H35NO2/c1-19-16-26-25(17-24(19)20(2)22-10-12-23(13-11-22)28(31)32)27(14-15-29(26,3)4)30-18-21-8-6-5-7-9-21/h10-13,16-17,21H,2,5-9,14-15,18H2,1,3-4H3,(H,31,32). The van der Waals surface area contributed by atoms with E-state index < -0.39 is 5.97 Å². The summed E-state index contributed by atoms with van der Waals surface area (Å²) in [5, 5.41) is 9.20. The fraction of sp³-hybridized carbons (Fsp3) is 0.448. The summed E-state index contributed by atoms with van der Waals surface area (Å²) in [7, 11) is 0. The van der Waals surface area contributed by atoms with Gasteiger partial charge < -0.3 is 5.11 Å². The van der Waals surface area contributed by atoms with Crippen molar-refractivity contribution in [3.05, 3.63) is 76.4 Å². The summed E-state index contributed by atoms with van der Waals surface area (Å²) in [6, 6.07) is 11.6. The third-order valence-corrected chi connectivity index (χ3v) is 7.46. The number of aryl methyl sites for hydroxylation is 1. The Bertz CT molecular complexity index is 1050. The van der Waals surface area contributed by atoms with Crippen molar-refractivity contribution in [1.82, 2.24) is 0 Å². The molecule has 0 radical (unpaired) electrons. The first kappa shape index (κ1) is 22.5. The number of rotatable bonds is 5. The van der Waals surface area contributed by atoms with Gasteiger partial charge in [0.05, 0.1) is 5.56 Å². The smallest absolute Gasteiger partial charge is 0.335 e. The molecule has 0 aliphatic heterocycles. The summed E-state index contributed by atoms with van der Waals surface area (Å²) >= 11 is 0. The number of hydrogen-bond acceptors (Lipinski definition) is 2. The molecule has 2 aromatic carbocycles. The number of nitrogens with zero attached hydrogens (tertiary/aromatic N) is 1. The van der Waals surface area contributed by atoms with E-state index in [1.165, 1.54) is 54.5 Å². The lowest BCUT2D eigenvalue weighted by Gasteiger charge is -2.35. The summed E-state index contributed by atoms with van der Waals surface area (Å²) in [5.74, 6) is -0.171. The van der Waals surface area contributed by atoms with Gasteiger partial charge in [0.1, 0.15) is 0 Å². The van der Waals surface area contributed by atoms with Crippen molar-refractivity contribution in [2.75, 3.05) is 6.54 Å². The van der Waals surface area contributed by atoms with E-state index in [1.807, 2.05) is 12.1 Å². The Labute approximate surface area is 192 Å². The molecule has 1 saturated carbocycles. The Morgan fingerprint density at radius 3 is 2.41 bits per heavy atom. The SMILES string of the molecule is C=C(c1ccc(C(=O)O)cc1)c1cc2c(cc1C)C(C)(C)CCC2=NCC1CCCCC1. The zero-order valence-electron chi connectivity index (χ0n) is 19.7. The number of hydrogen-bond donors (Lipinski definition) is 1. The van der Waals surface area contributed by atoms with E-state index in [9.17, 15) is 9.90 Å². The molecule has 0 saturated heterocycles. The van der Waals surface area contributed by atoms with E-state index >= 15 is 0 Å². The lowest BCUT2D eigenvalue weighted by atomic mass is 9.70. The highest BCUT2D eigenvalue weighted by Gasteiger charge is 2.31. The lowest BCUT2D eigenvalue weighted by molar-refractivity contribution is 0.0697. The van der Waals surface area contributed by atoms with E-state index in [-0.39, 0.29) is 5.41 Å². The first-order valence-corrected chi connectivity index (χ1v) is 12.0. The Morgan fingerprint density at radius 2 is 1.75 bits per heavy atom. The van der Waals surface area contributed by atoms with Gasteiger partial charge in [0.15, 0.2) is 0 Å². The highest BCUT2D eigenvalue weighted by molar-refractivity contribution is 6.04. The largest absolute Gasteiger partial charge is 0.478 e. The molecular formula is C29H35NO2. The van der Waals surface area contributed by atoms with Crippen LogP contribution < -0.4 is 0 Å². The van der Waals surface area contributed by atoms with Gasteiger partial charge in [-0.05, 0) is 95.5 Å². The van der Waals surface area contributed by atoms with Gasteiger partial charge in [-0.1, -0.05) is 57.9 Å². The van der Waals surface area contributed by atoms with Crippen LogP contribution in [0, 0.1) is 12.8 Å². The molecule has 0 spiro atoms. The average Bonchev–Trinajstić information content (AvgIpc) is 2.79. The van der Waals surface area contributed by atoms with Gasteiger partial charge in [-0.2, -0.15) is 0 Å². The monoisotopic (exact) mass is 429 g/mol. The predicted octanol–water partition coefficient (Wildman–Crippen LogP) is 7.20. The second-order valence-electron chi connectivity index (χ2n) is 10.2. The van der Waals surface area contributed by atoms with E-state index in [2.05, 4.69) is 39.5 Å². The van der Waals surface area contributed by atoms with Crippen molar-refractivity contribution in [1.29, 1.82) is 0 Å². The van der Waals surface area contributed by atoms with Crippen LogP contribution in [0.25, 0.3) is 5.57 Å². The molecule has 2 aliphatic carbocycles. The van der Waals surface area contributed by atoms with Gasteiger partial charge in [-0.25, -0.2) is 4.79 Å². The number of carboxylic acids is 1. The number of benzene rings is 2. The molecule has 0 atom stereocenters. The third kappa shape index (κ3) is 4.57. The molecule has 2 aromatic rings.